The maximum Gasteiger partial charge on any atom is 0.0459 e. The van der Waals surface area contributed by atoms with Crippen molar-refractivity contribution < 1.29 is 0 Å². The van der Waals surface area contributed by atoms with Crippen molar-refractivity contribution in [2.75, 3.05) is 13.1 Å². The normalized spacial score (nSPS) is 20.1. The summed E-state index contributed by atoms with van der Waals surface area (Å²) in [4.78, 5) is 3.63. The first kappa shape index (κ1) is 11.8. The Morgan fingerprint density at radius 3 is 2.78 bits per heavy atom. The monoisotopic (exact) mass is 242 g/mol. The van der Waals surface area contributed by atoms with Crippen LogP contribution in [-0.2, 0) is 0 Å². The van der Waals surface area contributed by atoms with Gasteiger partial charge in [-0.05, 0) is 49.1 Å². The van der Waals surface area contributed by atoms with Crippen LogP contribution in [0, 0.1) is 6.92 Å². The molecule has 18 heavy (non-hydrogen) atoms. The molecule has 2 heteroatoms. The van der Waals surface area contributed by atoms with Gasteiger partial charge in [-0.3, -0.25) is 0 Å². The van der Waals surface area contributed by atoms with Crippen LogP contribution in [0.2, 0.25) is 0 Å². The summed E-state index contributed by atoms with van der Waals surface area (Å²) in [5, 5.41) is 4.86. The molecule has 1 aliphatic rings. The van der Waals surface area contributed by atoms with Crippen molar-refractivity contribution in [2.24, 2.45) is 0 Å². The third-order valence-electron chi connectivity index (χ3n) is 4.26. The Labute approximate surface area is 109 Å². The van der Waals surface area contributed by atoms with Crippen LogP contribution in [0.1, 0.15) is 48.9 Å². The summed E-state index contributed by atoms with van der Waals surface area (Å²) >= 11 is 0. The molecule has 0 amide bonds. The molecule has 0 saturated carbocycles. The highest BCUT2D eigenvalue weighted by Crippen LogP contribution is 2.31. The molecular formula is C16H22N2. The van der Waals surface area contributed by atoms with Gasteiger partial charge in [-0.2, -0.15) is 0 Å². The lowest BCUT2D eigenvalue weighted by Crippen LogP contribution is -2.08. The minimum Gasteiger partial charge on any atom is -0.358 e. The minimum absolute atomic E-state index is 0.597. The van der Waals surface area contributed by atoms with Gasteiger partial charge in [0.25, 0.3) is 0 Å². The number of aryl methyl sites for hydroxylation is 1. The summed E-state index contributed by atoms with van der Waals surface area (Å²) in [6.45, 7) is 9.04. The Morgan fingerprint density at radius 2 is 2.11 bits per heavy atom. The van der Waals surface area contributed by atoms with Crippen LogP contribution in [0.3, 0.4) is 0 Å². The average Bonchev–Trinajstić information content (AvgIpc) is 2.97. The van der Waals surface area contributed by atoms with Gasteiger partial charge in [0.15, 0.2) is 0 Å². The van der Waals surface area contributed by atoms with Gasteiger partial charge in [0.2, 0.25) is 0 Å². The van der Waals surface area contributed by atoms with Gasteiger partial charge in [0.1, 0.15) is 0 Å². The molecule has 0 aliphatic carbocycles. The SMILES string of the molecule is Cc1c(C2CCNC2)[nH]c2ccc(C(C)C)cc12. The molecule has 2 nitrogen and oxygen atoms in total. The van der Waals surface area contributed by atoms with Crippen LogP contribution >= 0.6 is 0 Å². The van der Waals surface area contributed by atoms with E-state index in [0.29, 0.717) is 11.8 Å². The van der Waals surface area contributed by atoms with Gasteiger partial charge >= 0.3 is 0 Å². The van der Waals surface area contributed by atoms with Crippen LogP contribution in [0.25, 0.3) is 10.9 Å². The highest BCUT2D eigenvalue weighted by Gasteiger charge is 2.21. The second-order valence-electron chi connectivity index (χ2n) is 5.81. The second-order valence-corrected chi connectivity index (χ2v) is 5.81. The number of fused-ring (bicyclic) bond motifs is 1. The Balaban J connectivity index is 2.09. The van der Waals surface area contributed by atoms with Crippen LogP contribution < -0.4 is 5.32 Å². The number of aromatic amines is 1. The summed E-state index contributed by atoms with van der Waals surface area (Å²) in [6.07, 6.45) is 1.25. The van der Waals surface area contributed by atoms with Crippen molar-refractivity contribution in [1.29, 1.82) is 0 Å². The fourth-order valence-electron chi connectivity index (χ4n) is 3.03. The third-order valence-corrected chi connectivity index (χ3v) is 4.26. The molecule has 96 valence electrons. The van der Waals surface area contributed by atoms with Crippen molar-refractivity contribution in [3.63, 3.8) is 0 Å². The molecule has 2 heterocycles. The van der Waals surface area contributed by atoms with Crippen molar-refractivity contribution in [2.45, 2.75) is 39.0 Å². The van der Waals surface area contributed by atoms with Crippen molar-refractivity contribution in [3.05, 3.63) is 35.0 Å². The molecule has 2 aromatic rings. The number of hydrogen-bond acceptors (Lipinski definition) is 1. The molecular weight excluding hydrogens is 220 g/mol. The second kappa shape index (κ2) is 4.43. The van der Waals surface area contributed by atoms with Gasteiger partial charge in [-0.15, -0.1) is 0 Å². The van der Waals surface area contributed by atoms with Crippen molar-refractivity contribution in [1.82, 2.24) is 10.3 Å². The highest BCUT2D eigenvalue weighted by molar-refractivity contribution is 5.85. The van der Waals surface area contributed by atoms with Gasteiger partial charge in [0.05, 0.1) is 0 Å². The number of benzene rings is 1. The van der Waals surface area contributed by atoms with Crippen LogP contribution in [0.4, 0.5) is 0 Å². The minimum atomic E-state index is 0.597. The molecule has 0 radical (unpaired) electrons. The summed E-state index contributed by atoms with van der Waals surface area (Å²) < 4.78 is 0. The van der Waals surface area contributed by atoms with Gasteiger partial charge in [-0.25, -0.2) is 0 Å². The third kappa shape index (κ3) is 1.85. The Kier molecular flexibility index (Phi) is 2.90. The lowest BCUT2D eigenvalue weighted by Gasteiger charge is -2.07. The molecule has 0 spiro atoms. The molecule has 1 aliphatic heterocycles. The standard InChI is InChI=1S/C16H22N2/c1-10(2)12-4-5-15-14(8-12)11(3)16(18-15)13-6-7-17-9-13/h4-5,8,10,13,17-18H,6-7,9H2,1-3H3. The zero-order chi connectivity index (χ0) is 12.7. The Hall–Kier alpha value is -1.28. The number of H-pyrrole nitrogens is 1. The van der Waals surface area contributed by atoms with E-state index >= 15 is 0 Å². The Bertz CT molecular complexity index is 560. The number of hydrogen-bond donors (Lipinski definition) is 2. The van der Waals surface area contributed by atoms with E-state index in [4.69, 9.17) is 0 Å². The van der Waals surface area contributed by atoms with Crippen LogP contribution in [0.15, 0.2) is 18.2 Å². The van der Waals surface area contributed by atoms with Gasteiger partial charge in [-0.1, -0.05) is 19.9 Å². The lowest BCUT2D eigenvalue weighted by molar-refractivity contribution is 0.738. The number of nitrogens with one attached hydrogen (secondary N) is 2. The molecule has 1 fully saturated rings. The van der Waals surface area contributed by atoms with E-state index in [-0.39, 0.29) is 0 Å². The number of rotatable bonds is 2. The molecule has 1 saturated heterocycles. The maximum atomic E-state index is 3.63. The quantitative estimate of drug-likeness (QED) is 0.826. The number of aromatic nitrogens is 1. The summed E-state index contributed by atoms with van der Waals surface area (Å²) in [6, 6.07) is 6.85. The first-order chi connectivity index (χ1) is 8.66. The topological polar surface area (TPSA) is 27.8 Å². The largest absolute Gasteiger partial charge is 0.358 e. The summed E-state index contributed by atoms with van der Waals surface area (Å²) in [5.41, 5.74) is 5.61. The van der Waals surface area contributed by atoms with Gasteiger partial charge in [0, 0.05) is 29.1 Å². The first-order valence-corrected chi connectivity index (χ1v) is 6.99. The zero-order valence-electron chi connectivity index (χ0n) is 11.5. The van der Waals surface area contributed by atoms with E-state index in [9.17, 15) is 0 Å². The molecule has 2 N–H and O–H groups in total. The summed E-state index contributed by atoms with van der Waals surface area (Å²) in [5.74, 6) is 1.26. The first-order valence-electron chi connectivity index (χ1n) is 6.99. The smallest absolute Gasteiger partial charge is 0.0459 e. The maximum absolute atomic E-state index is 3.63. The van der Waals surface area contributed by atoms with E-state index in [1.165, 1.54) is 34.1 Å². The molecule has 0 bridgehead atoms. The van der Waals surface area contributed by atoms with E-state index in [0.717, 1.165) is 13.1 Å². The van der Waals surface area contributed by atoms with E-state index in [1.54, 1.807) is 0 Å². The lowest BCUT2D eigenvalue weighted by atomic mass is 9.98. The van der Waals surface area contributed by atoms with Gasteiger partial charge < -0.3 is 10.3 Å². The predicted octanol–water partition coefficient (Wildman–Crippen LogP) is 3.68. The fraction of sp³-hybridized carbons (Fsp3) is 0.500. The molecule has 1 unspecified atom stereocenters. The molecule has 1 aromatic carbocycles. The van der Waals surface area contributed by atoms with Crippen LogP contribution in [-0.4, -0.2) is 18.1 Å². The van der Waals surface area contributed by atoms with E-state index in [2.05, 4.69) is 49.3 Å². The van der Waals surface area contributed by atoms with Crippen LogP contribution in [0.5, 0.6) is 0 Å². The fourth-order valence-corrected chi connectivity index (χ4v) is 3.03. The van der Waals surface area contributed by atoms with E-state index < -0.39 is 0 Å². The average molecular weight is 242 g/mol. The molecule has 1 atom stereocenters. The van der Waals surface area contributed by atoms with E-state index in [1.807, 2.05) is 0 Å². The zero-order valence-corrected chi connectivity index (χ0v) is 11.5. The predicted molar refractivity (Wildman–Crippen MR) is 77.4 cm³/mol. The van der Waals surface area contributed by atoms with Crippen molar-refractivity contribution >= 4 is 10.9 Å². The summed E-state index contributed by atoms with van der Waals surface area (Å²) in [7, 11) is 0. The Morgan fingerprint density at radius 1 is 1.28 bits per heavy atom. The highest BCUT2D eigenvalue weighted by atomic mass is 14.9. The molecule has 3 rings (SSSR count). The van der Waals surface area contributed by atoms with Crippen molar-refractivity contribution in [3.8, 4) is 0 Å². The molecule has 1 aromatic heterocycles.